The Kier molecular flexibility index (Phi) is 17.0. The Balaban J connectivity index is 1.09. The van der Waals surface area contributed by atoms with Crippen LogP contribution in [0.1, 0.15) is 53.4 Å². The van der Waals surface area contributed by atoms with Crippen molar-refractivity contribution >= 4 is 23.6 Å². The largest absolute Gasteiger partial charge is 0.423 e. The summed E-state index contributed by atoms with van der Waals surface area (Å²) in [5, 5.41) is 35.5. The number of carbonyl (C=O) groups is 4. The lowest BCUT2D eigenvalue weighted by molar-refractivity contribution is -0.144. The van der Waals surface area contributed by atoms with E-state index in [0.717, 1.165) is 12.8 Å². The van der Waals surface area contributed by atoms with E-state index in [9.17, 15) is 19.2 Å². The van der Waals surface area contributed by atoms with E-state index in [-0.39, 0.29) is 74.0 Å². The van der Waals surface area contributed by atoms with E-state index in [0.29, 0.717) is 37.4 Å². The highest BCUT2D eigenvalue weighted by Gasteiger charge is 2.40. The number of amides is 4. The van der Waals surface area contributed by atoms with Gasteiger partial charge in [0.2, 0.25) is 23.6 Å². The lowest BCUT2D eigenvalue weighted by Crippen LogP contribution is -2.58. The maximum absolute atomic E-state index is 14.4. The van der Waals surface area contributed by atoms with Crippen molar-refractivity contribution in [1.29, 1.82) is 0 Å². The second-order valence-electron chi connectivity index (χ2n) is 15.9. The first-order valence-electron chi connectivity index (χ1n) is 21.7. The van der Waals surface area contributed by atoms with E-state index >= 15 is 0 Å². The number of para-hydroxylation sites is 2. The number of aromatic nitrogens is 8. The van der Waals surface area contributed by atoms with Crippen molar-refractivity contribution in [3.63, 3.8) is 0 Å². The zero-order valence-corrected chi connectivity index (χ0v) is 37.2. The first-order valence-corrected chi connectivity index (χ1v) is 21.7. The number of nitrogens with zero attached hydrogens (tertiary/aromatic N) is 10. The third-order valence-corrected chi connectivity index (χ3v) is 11.6. The molecule has 2 saturated heterocycles. The van der Waals surface area contributed by atoms with Crippen molar-refractivity contribution in [2.75, 3.05) is 40.4 Å². The van der Waals surface area contributed by atoms with Gasteiger partial charge in [0, 0.05) is 13.1 Å². The number of hydrogen-bond donors (Lipinski definition) is 4. The summed E-state index contributed by atoms with van der Waals surface area (Å²) in [6, 6.07) is 14.9. The zero-order chi connectivity index (χ0) is 45.6. The fraction of sp³-hybridized carbons (Fsp3) is 0.571. The normalized spacial score (nSPS) is 19.0. The van der Waals surface area contributed by atoms with Gasteiger partial charge in [-0.2, -0.15) is 9.36 Å². The third kappa shape index (κ3) is 12.3. The summed E-state index contributed by atoms with van der Waals surface area (Å²) in [7, 11) is 3.32. The molecule has 4 heterocycles. The molecule has 8 atom stereocenters. The molecule has 64 heavy (non-hydrogen) atoms. The highest BCUT2D eigenvalue weighted by molar-refractivity contribution is 5.91. The standard InChI is InChI=1S/C42H60N14O8/c1-27(43-5)37(57)45-35(39(59)53-21-13-15-31(53)25-55-41(47-49-51-55)63-33-17-9-7-10-18-33)29(3)61-23-24-62-30(4)36(46-38(58)28(2)44-6)40(60)54-22-14-16-32(54)26-56-42(48-50-52-56)64-34-19-11-8-12-20-34/h7-12,17-20,27-32,35-36,43-44H,13-16,21-26H2,1-6H3,(H,45,57)(H,46,58)/t27-,28-,29+,30+,31-,32-,35-,36-/m0/s1. The summed E-state index contributed by atoms with van der Waals surface area (Å²) in [4.78, 5) is 58.7. The Bertz CT molecular complexity index is 1960. The van der Waals surface area contributed by atoms with Crippen LogP contribution in [0.5, 0.6) is 23.5 Å². The maximum atomic E-state index is 14.4. The minimum Gasteiger partial charge on any atom is -0.423 e. The van der Waals surface area contributed by atoms with Crippen LogP contribution in [0, 0.1) is 0 Å². The first kappa shape index (κ1) is 47.4. The molecule has 0 radical (unpaired) electrons. The van der Waals surface area contributed by atoms with Crippen molar-refractivity contribution in [2.45, 2.75) is 115 Å². The maximum Gasteiger partial charge on any atom is 0.341 e. The van der Waals surface area contributed by atoms with Crippen LogP contribution in [0.3, 0.4) is 0 Å². The van der Waals surface area contributed by atoms with Gasteiger partial charge in [-0.05, 0) is 113 Å². The highest BCUT2D eigenvalue weighted by atomic mass is 16.5. The molecule has 0 saturated carbocycles. The summed E-state index contributed by atoms with van der Waals surface area (Å²) in [5.41, 5.74) is 0. The number of likely N-dealkylation sites (tertiary alicyclic amines) is 2. The molecule has 4 aromatic rings. The van der Waals surface area contributed by atoms with Gasteiger partial charge < -0.3 is 50.0 Å². The molecule has 4 amide bonds. The molecule has 0 spiro atoms. The zero-order valence-electron chi connectivity index (χ0n) is 37.2. The Labute approximate surface area is 372 Å². The molecule has 346 valence electrons. The molecule has 2 aliphatic rings. The van der Waals surface area contributed by atoms with E-state index in [1.807, 2.05) is 36.4 Å². The molecular formula is C42H60N14O8. The quantitative estimate of drug-likeness (QED) is 0.0757. The molecule has 2 aromatic carbocycles. The van der Waals surface area contributed by atoms with Gasteiger partial charge in [-0.25, -0.2) is 0 Å². The van der Waals surface area contributed by atoms with Crippen molar-refractivity contribution in [3.8, 4) is 23.5 Å². The average Bonchev–Trinajstić information content (AvgIpc) is 4.16. The van der Waals surface area contributed by atoms with Crippen LogP contribution < -0.4 is 30.7 Å². The summed E-state index contributed by atoms with van der Waals surface area (Å²) in [6.45, 7) is 8.34. The van der Waals surface area contributed by atoms with Crippen LogP contribution >= 0.6 is 0 Å². The van der Waals surface area contributed by atoms with Gasteiger partial charge in [0.15, 0.2) is 0 Å². The molecule has 6 rings (SSSR count). The number of nitrogens with one attached hydrogen (secondary N) is 4. The Hall–Kier alpha value is -6.10. The summed E-state index contributed by atoms with van der Waals surface area (Å²) < 4.78 is 27.2. The summed E-state index contributed by atoms with van der Waals surface area (Å²) in [5.74, 6) is -0.228. The minimum atomic E-state index is -1.04. The number of carbonyl (C=O) groups excluding carboxylic acids is 4. The topological polar surface area (TPSA) is 247 Å². The molecule has 4 N–H and O–H groups in total. The molecule has 22 nitrogen and oxygen atoms in total. The highest BCUT2D eigenvalue weighted by Crippen LogP contribution is 2.26. The van der Waals surface area contributed by atoms with Gasteiger partial charge in [-0.3, -0.25) is 19.2 Å². The first-order chi connectivity index (χ1) is 31.0. The van der Waals surface area contributed by atoms with E-state index in [2.05, 4.69) is 52.3 Å². The van der Waals surface area contributed by atoms with E-state index in [4.69, 9.17) is 18.9 Å². The lowest BCUT2D eigenvalue weighted by Gasteiger charge is -2.33. The van der Waals surface area contributed by atoms with Gasteiger partial charge >= 0.3 is 12.0 Å². The Morgan fingerprint density at radius 1 is 0.625 bits per heavy atom. The predicted octanol–water partition coefficient (Wildman–Crippen LogP) is 0.922. The molecule has 0 bridgehead atoms. The van der Waals surface area contributed by atoms with Crippen molar-refractivity contribution < 1.29 is 38.1 Å². The number of tetrazole rings is 2. The van der Waals surface area contributed by atoms with Crippen molar-refractivity contribution in [2.24, 2.45) is 0 Å². The smallest absolute Gasteiger partial charge is 0.341 e. The average molecular weight is 889 g/mol. The second kappa shape index (κ2) is 23.0. The van der Waals surface area contributed by atoms with Gasteiger partial charge in [0.05, 0.1) is 62.7 Å². The van der Waals surface area contributed by atoms with E-state index < -0.39 is 36.4 Å². The van der Waals surface area contributed by atoms with E-state index in [1.165, 1.54) is 9.36 Å². The van der Waals surface area contributed by atoms with E-state index in [1.54, 1.807) is 75.9 Å². The van der Waals surface area contributed by atoms with Crippen LogP contribution in [0.15, 0.2) is 60.7 Å². The van der Waals surface area contributed by atoms with Crippen molar-refractivity contribution in [3.05, 3.63) is 60.7 Å². The number of hydrogen-bond acceptors (Lipinski definition) is 16. The Morgan fingerprint density at radius 2 is 1.02 bits per heavy atom. The minimum absolute atomic E-state index is 0.0125. The molecule has 0 aliphatic carbocycles. The molecule has 2 fully saturated rings. The second-order valence-corrected chi connectivity index (χ2v) is 15.9. The van der Waals surface area contributed by atoms with Gasteiger partial charge in [-0.15, -0.1) is 0 Å². The van der Waals surface area contributed by atoms with Gasteiger partial charge in [0.1, 0.15) is 23.6 Å². The molecular weight excluding hydrogens is 829 g/mol. The fourth-order valence-corrected chi connectivity index (χ4v) is 7.58. The summed E-state index contributed by atoms with van der Waals surface area (Å²) in [6.07, 6.45) is 1.29. The molecule has 2 aliphatic heterocycles. The summed E-state index contributed by atoms with van der Waals surface area (Å²) >= 11 is 0. The SMILES string of the molecule is CN[C@@H](C)C(=O)N[C@H](C(=O)N1CCC[C@H]1Cn1nnnc1Oc1ccccc1)[C@@H](C)OCCO[C@H](C)[C@H](NC(=O)[C@H](C)NC)C(=O)N1CCC[C@H]1Cn1nnnc1Oc1ccccc1. The van der Waals surface area contributed by atoms with Crippen LogP contribution in [0.4, 0.5) is 0 Å². The van der Waals surface area contributed by atoms with Crippen LogP contribution in [-0.4, -0.2) is 163 Å². The third-order valence-electron chi connectivity index (χ3n) is 11.6. The van der Waals surface area contributed by atoms with Gasteiger partial charge in [0.25, 0.3) is 0 Å². The number of benzene rings is 2. The van der Waals surface area contributed by atoms with Crippen LogP contribution in [0.2, 0.25) is 0 Å². The predicted molar refractivity (Wildman–Crippen MR) is 230 cm³/mol. The molecule has 22 heteroatoms. The van der Waals surface area contributed by atoms with Crippen molar-refractivity contribution in [1.82, 2.24) is 71.5 Å². The Morgan fingerprint density at radius 3 is 1.39 bits per heavy atom. The number of ether oxygens (including phenoxy) is 4. The van der Waals surface area contributed by atoms with Crippen LogP contribution in [0.25, 0.3) is 0 Å². The lowest BCUT2D eigenvalue weighted by atomic mass is 10.1. The monoisotopic (exact) mass is 888 g/mol. The van der Waals surface area contributed by atoms with Gasteiger partial charge in [-0.1, -0.05) is 46.6 Å². The number of likely N-dealkylation sites (N-methyl/N-ethyl adjacent to an activating group) is 2. The molecule has 0 unspecified atom stereocenters. The van der Waals surface area contributed by atoms with Crippen LogP contribution in [-0.2, 0) is 41.7 Å². The molecule has 2 aromatic heterocycles. The number of rotatable bonds is 23. The fourth-order valence-electron chi connectivity index (χ4n) is 7.58.